The van der Waals surface area contributed by atoms with Gasteiger partial charge in [0.2, 0.25) is 0 Å². The number of rotatable bonds is 4. The zero-order valence-corrected chi connectivity index (χ0v) is 23.2. The Hall–Kier alpha value is -4.05. The summed E-state index contributed by atoms with van der Waals surface area (Å²) < 4.78 is 27.8. The third kappa shape index (κ3) is 3.84. The molecule has 0 saturated heterocycles. The SMILES string of the molecule is COC(=O)C1=Cc2ccc(-c3cc4nc(C(=O)N5CCc6sccc6C5C)cc(C5(C)CC5)n4n3)c(F)c2OC1. The zero-order valence-electron chi connectivity index (χ0n) is 22.4. The summed E-state index contributed by atoms with van der Waals surface area (Å²) in [5.41, 5.74) is 4.27. The third-order valence-electron chi connectivity index (χ3n) is 8.36. The van der Waals surface area contributed by atoms with E-state index in [-0.39, 0.29) is 35.3 Å². The molecule has 1 saturated carbocycles. The van der Waals surface area contributed by atoms with Gasteiger partial charge in [-0.3, -0.25) is 4.79 Å². The van der Waals surface area contributed by atoms with Gasteiger partial charge in [0.05, 0.1) is 30.1 Å². The second kappa shape index (κ2) is 8.99. The number of carbonyl (C=O) groups is 2. The van der Waals surface area contributed by atoms with Gasteiger partial charge in [-0.2, -0.15) is 5.10 Å². The summed E-state index contributed by atoms with van der Waals surface area (Å²) in [5, 5.41) is 6.83. The van der Waals surface area contributed by atoms with E-state index < -0.39 is 11.8 Å². The van der Waals surface area contributed by atoms with Gasteiger partial charge in [-0.25, -0.2) is 18.7 Å². The van der Waals surface area contributed by atoms with Crippen LogP contribution < -0.4 is 4.74 Å². The van der Waals surface area contributed by atoms with Crippen LogP contribution in [0.25, 0.3) is 23.0 Å². The van der Waals surface area contributed by atoms with Crippen molar-refractivity contribution in [2.45, 2.75) is 44.6 Å². The topological polar surface area (TPSA) is 86.0 Å². The minimum absolute atomic E-state index is 0.0284. The number of halogens is 1. The van der Waals surface area contributed by atoms with Crippen LogP contribution >= 0.6 is 11.3 Å². The highest BCUT2D eigenvalue weighted by atomic mass is 32.1. The van der Waals surface area contributed by atoms with E-state index in [1.165, 1.54) is 17.6 Å². The molecular weight excluding hydrogens is 531 g/mol. The molecule has 0 bridgehead atoms. The second-order valence-corrected chi connectivity index (χ2v) is 11.9. The molecule has 1 fully saturated rings. The van der Waals surface area contributed by atoms with Gasteiger partial charge in [0, 0.05) is 34.0 Å². The van der Waals surface area contributed by atoms with E-state index in [1.54, 1.807) is 40.1 Å². The third-order valence-corrected chi connectivity index (χ3v) is 9.35. The summed E-state index contributed by atoms with van der Waals surface area (Å²) in [4.78, 5) is 33.6. The molecule has 7 rings (SSSR count). The molecule has 8 nitrogen and oxygen atoms in total. The predicted molar refractivity (Wildman–Crippen MR) is 148 cm³/mol. The highest BCUT2D eigenvalue weighted by molar-refractivity contribution is 7.10. The lowest BCUT2D eigenvalue weighted by molar-refractivity contribution is -0.136. The van der Waals surface area contributed by atoms with Crippen molar-refractivity contribution in [1.82, 2.24) is 19.5 Å². The molecule has 3 aromatic heterocycles. The lowest BCUT2D eigenvalue weighted by Crippen LogP contribution is -2.38. The first-order valence-electron chi connectivity index (χ1n) is 13.3. The molecule has 10 heteroatoms. The first-order valence-corrected chi connectivity index (χ1v) is 14.2. The van der Waals surface area contributed by atoms with Crippen LogP contribution in [0.2, 0.25) is 0 Å². The van der Waals surface area contributed by atoms with E-state index in [0.29, 0.717) is 34.7 Å². The average molecular weight is 559 g/mol. The number of ether oxygens (including phenoxy) is 2. The molecule has 0 N–H and O–H groups in total. The molecule has 1 aromatic carbocycles. The predicted octanol–water partition coefficient (Wildman–Crippen LogP) is 5.36. The van der Waals surface area contributed by atoms with Gasteiger partial charge < -0.3 is 14.4 Å². The van der Waals surface area contributed by atoms with Gasteiger partial charge in [0.15, 0.2) is 17.2 Å². The Bertz CT molecular complexity index is 1750. The van der Waals surface area contributed by atoms with Crippen molar-refractivity contribution in [2.75, 3.05) is 20.3 Å². The summed E-state index contributed by atoms with van der Waals surface area (Å²) >= 11 is 1.74. The van der Waals surface area contributed by atoms with Gasteiger partial charge in [-0.15, -0.1) is 11.3 Å². The Labute approximate surface area is 234 Å². The molecule has 0 spiro atoms. The number of hydrogen-bond donors (Lipinski definition) is 0. The van der Waals surface area contributed by atoms with Crippen molar-refractivity contribution in [3.63, 3.8) is 0 Å². The fraction of sp³-hybridized carbons (Fsp3) is 0.333. The molecule has 0 radical (unpaired) electrons. The van der Waals surface area contributed by atoms with Crippen molar-refractivity contribution < 1.29 is 23.5 Å². The van der Waals surface area contributed by atoms with Crippen molar-refractivity contribution in [1.29, 1.82) is 0 Å². The maximum atomic E-state index is 15.7. The lowest BCUT2D eigenvalue weighted by Gasteiger charge is -2.33. The maximum absolute atomic E-state index is 15.7. The van der Waals surface area contributed by atoms with Crippen molar-refractivity contribution in [2.24, 2.45) is 0 Å². The number of aromatic nitrogens is 3. The normalized spacial score (nSPS) is 18.9. The van der Waals surface area contributed by atoms with Gasteiger partial charge in [0.25, 0.3) is 5.91 Å². The van der Waals surface area contributed by atoms with Crippen LogP contribution in [0.5, 0.6) is 5.75 Å². The minimum atomic E-state index is -0.565. The summed E-state index contributed by atoms with van der Waals surface area (Å²) in [7, 11) is 1.29. The highest BCUT2D eigenvalue weighted by Gasteiger charge is 2.43. The molecule has 2 aliphatic heterocycles. The molecule has 204 valence electrons. The molecule has 1 unspecified atom stereocenters. The lowest BCUT2D eigenvalue weighted by atomic mass is 10.00. The minimum Gasteiger partial charge on any atom is -0.485 e. The zero-order chi connectivity index (χ0) is 27.8. The average Bonchev–Trinajstić information content (AvgIpc) is 3.34. The number of carbonyl (C=O) groups excluding carboxylic acids is 2. The Balaban J connectivity index is 1.29. The number of thiophene rings is 1. The highest BCUT2D eigenvalue weighted by Crippen LogP contribution is 2.48. The molecule has 5 heterocycles. The number of methoxy groups -OCH3 is 1. The molecule has 1 atom stereocenters. The van der Waals surface area contributed by atoms with Crippen LogP contribution in [0.3, 0.4) is 0 Å². The fourth-order valence-corrected chi connectivity index (χ4v) is 6.64. The van der Waals surface area contributed by atoms with Gasteiger partial charge in [0.1, 0.15) is 12.3 Å². The molecule has 3 aliphatic rings. The number of esters is 1. The molecule has 4 aromatic rings. The molecular formula is C30H27FN4O4S. The largest absolute Gasteiger partial charge is 0.485 e. The first-order chi connectivity index (χ1) is 19.3. The van der Waals surface area contributed by atoms with E-state index in [0.717, 1.165) is 25.0 Å². The number of hydrogen-bond acceptors (Lipinski definition) is 7. The Morgan fingerprint density at radius 3 is 2.83 bits per heavy atom. The van der Waals surface area contributed by atoms with Gasteiger partial charge >= 0.3 is 5.97 Å². The number of amides is 1. The number of nitrogens with zero attached hydrogens (tertiary/aromatic N) is 4. The summed E-state index contributed by atoms with van der Waals surface area (Å²) in [6.45, 7) is 4.77. The smallest absolute Gasteiger partial charge is 0.337 e. The van der Waals surface area contributed by atoms with E-state index in [1.807, 2.05) is 11.0 Å². The number of benzene rings is 1. The summed E-state index contributed by atoms with van der Waals surface area (Å²) in [6.07, 6.45) is 4.36. The van der Waals surface area contributed by atoms with Crippen LogP contribution in [-0.4, -0.2) is 51.6 Å². The summed E-state index contributed by atoms with van der Waals surface area (Å²) in [5.74, 6) is -1.12. The monoisotopic (exact) mass is 558 g/mol. The van der Waals surface area contributed by atoms with Crippen molar-refractivity contribution >= 4 is 34.9 Å². The van der Waals surface area contributed by atoms with E-state index in [2.05, 4.69) is 25.3 Å². The van der Waals surface area contributed by atoms with Crippen LogP contribution in [-0.2, 0) is 21.4 Å². The standard InChI is InChI=1S/C30H27FN4O4S/c1-16-19-7-11-40-23(19)6-10-34(16)28(36)22-13-24(30(2)8-9-30)35-25(32-22)14-21(33-35)20-5-4-17-12-18(29(37)38-3)15-39-27(17)26(20)31/h4-5,7,11-14,16H,6,8-10,15H2,1-3H3. The van der Waals surface area contributed by atoms with Crippen LogP contribution in [0, 0.1) is 5.82 Å². The van der Waals surface area contributed by atoms with Crippen LogP contribution in [0.4, 0.5) is 4.39 Å². The number of fused-ring (bicyclic) bond motifs is 3. The first kappa shape index (κ1) is 25.0. The quantitative estimate of drug-likeness (QED) is 0.314. The van der Waals surface area contributed by atoms with Gasteiger partial charge in [-0.1, -0.05) is 13.0 Å². The van der Waals surface area contributed by atoms with Gasteiger partial charge in [-0.05, 0) is 61.4 Å². The Morgan fingerprint density at radius 2 is 2.05 bits per heavy atom. The Kier molecular flexibility index (Phi) is 5.61. The molecule has 40 heavy (non-hydrogen) atoms. The second-order valence-electron chi connectivity index (χ2n) is 10.9. The summed E-state index contributed by atoms with van der Waals surface area (Å²) in [6, 6.07) is 8.96. The van der Waals surface area contributed by atoms with E-state index in [4.69, 9.17) is 19.6 Å². The van der Waals surface area contributed by atoms with Crippen molar-refractivity contribution in [3.8, 4) is 17.0 Å². The van der Waals surface area contributed by atoms with Crippen molar-refractivity contribution in [3.05, 3.63) is 74.5 Å². The van der Waals surface area contributed by atoms with E-state index in [9.17, 15) is 9.59 Å². The Morgan fingerprint density at radius 1 is 1.23 bits per heavy atom. The molecule has 1 amide bonds. The van der Waals surface area contributed by atoms with Crippen LogP contribution in [0.15, 0.2) is 41.3 Å². The fourth-order valence-electron chi connectivity index (χ4n) is 5.68. The van der Waals surface area contributed by atoms with E-state index >= 15 is 4.39 Å². The van der Waals surface area contributed by atoms with Crippen LogP contribution in [0.1, 0.15) is 64.9 Å². The maximum Gasteiger partial charge on any atom is 0.337 e. The molecule has 1 aliphatic carbocycles.